The molecule has 0 unspecified atom stereocenters. The Balaban J connectivity index is 1.80. The molecule has 2 aromatic heterocycles. The van der Waals surface area contributed by atoms with Gasteiger partial charge in [-0.25, -0.2) is 4.98 Å². The molecular formula is C29H30N2O3. The van der Waals surface area contributed by atoms with Crippen LogP contribution in [0.5, 0.6) is 5.75 Å². The van der Waals surface area contributed by atoms with Gasteiger partial charge in [0.15, 0.2) is 0 Å². The summed E-state index contributed by atoms with van der Waals surface area (Å²) in [7, 11) is 0. The van der Waals surface area contributed by atoms with Crippen LogP contribution in [-0.2, 0) is 4.79 Å². The van der Waals surface area contributed by atoms with Crippen LogP contribution in [0.3, 0.4) is 0 Å². The fourth-order valence-electron chi connectivity index (χ4n) is 4.30. The number of pyridine rings is 1. The molecule has 0 saturated heterocycles. The third-order valence-corrected chi connectivity index (χ3v) is 5.94. The zero-order valence-electron chi connectivity index (χ0n) is 20.6. The summed E-state index contributed by atoms with van der Waals surface area (Å²) in [5.74, 6) is 1.02. The second kappa shape index (κ2) is 9.56. The zero-order valence-corrected chi connectivity index (χ0v) is 20.6. The molecule has 1 amide bonds. The van der Waals surface area contributed by atoms with Crippen LogP contribution >= 0.6 is 0 Å². The lowest BCUT2D eigenvalue weighted by Crippen LogP contribution is -2.10. The third-order valence-electron chi connectivity index (χ3n) is 5.94. The molecule has 2 aromatic carbocycles. The van der Waals surface area contributed by atoms with Gasteiger partial charge in [-0.1, -0.05) is 23.8 Å². The zero-order chi connectivity index (χ0) is 24.4. The molecule has 0 aliphatic heterocycles. The monoisotopic (exact) mass is 454 g/mol. The van der Waals surface area contributed by atoms with Gasteiger partial charge >= 0.3 is 0 Å². The number of carbonyl (C=O) groups is 1. The van der Waals surface area contributed by atoms with Crippen LogP contribution in [-0.4, -0.2) is 17.5 Å². The lowest BCUT2D eigenvalue weighted by Gasteiger charge is -2.15. The van der Waals surface area contributed by atoms with E-state index in [9.17, 15) is 4.79 Å². The molecule has 2 heterocycles. The maximum absolute atomic E-state index is 12.8. The quantitative estimate of drug-likeness (QED) is 0.314. The van der Waals surface area contributed by atoms with E-state index in [0.29, 0.717) is 12.4 Å². The van der Waals surface area contributed by atoms with E-state index in [1.165, 1.54) is 11.1 Å². The number of benzene rings is 2. The number of carbonyl (C=O) groups excluding carboxylic acids is 1. The third kappa shape index (κ3) is 4.60. The highest BCUT2D eigenvalue weighted by molar-refractivity contribution is 6.05. The number of ether oxygens (including phenoxy) is 1. The summed E-state index contributed by atoms with van der Waals surface area (Å²) in [4.78, 5) is 17.0. The highest BCUT2D eigenvalue weighted by Gasteiger charge is 2.20. The summed E-state index contributed by atoms with van der Waals surface area (Å²) in [5, 5.41) is 3.84. The molecule has 5 nitrogen and oxygen atoms in total. The summed E-state index contributed by atoms with van der Waals surface area (Å²) in [5.41, 5.74) is 8.97. The van der Waals surface area contributed by atoms with Gasteiger partial charge < -0.3 is 14.5 Å². The van der Waals surface area contributed by atoms with Crippen molar-refractivity contribution in [1.29, 1.82) is 0 Å². The Kier molecular flexibility index (Phi) is 6.55. The first-order valence-electron chi connectivity index (χ1n) is 11.5. The predicted molar refractivity (Wildman–Crippen MR) is 138 cm³/mol. The number of hydrogen-bond acceptors (Lipinski definition) is 4. The van der Waals surface area contributed by atoms with Crippen molar-refractivity contribution in [1.82, 2.24) is 4.98 Å². The van der Waals surface area contributed by atoms with Gasteiger partial charge in [-0.05, 0) is 82.0 Å². The van der Waals surface area contributed by atoms with E-state index in [-0.39, 0.29) is 5.91 Å². The molecule has 5 heteroatoms. The molecule has 34 heavy (non-hydrogen) atoms. The number of fused-ring (bicyclic) bond motifs is 1. The molecule has 0 saturated carbocycles. The number of furan rings is 1. The Morgan fingerprint density at radius 1 is 1.06 bits per heavy atom. The van der Waals surface area contributed by atoms with Crippen LogP contribution in [0, 0.1) is 27.7 Å². The van der Waals surface area contributed by atoms with Crippen molar-refractivity contribution in [2.24, 2.45) is 0 Å². The number of aryl methyl sites for hydroxylation is 4. The first kappa shape index (κ1) is 23.3. The Hall–Kier alpha value is -3.86. The topological polar surface area (TPSA) is 64.4 Å². The molecule has 4 aromatic rings. The van der Waals surface area contributed by atoms with E-state index < -0.39 is 0 Å². The van der Waals surface area contributed by atoms with Gasteiger partial charge in [0.25, 0.3) is 0 Å². The second-order valence-electron chi connectivity index (χ2n) is 8.69. The fraction of sp³-hybridized carbons (Fsp3) is 0.241. The number of nitrogens with zero attached hydrogens (tertiary/aromatic N) is 1. The number of anilines is 1. The van der Waals surface area contributed by atoms with Crippen molar-refractivity contribution in [3.8, 4) is 16.9 Å². The smallest absolute Gasteiger partial charge is 0.249 e. The summed E-state index contributed by atoms with van der Waals surface area (Å²) in [6.07, 6.45) is 5.08. The Morgan fingerprint density at radius 3 is 2.53 bits per heavy atom. The van der Waals surface area contributed by atoms with Gasteiger partial charge in [0.1, 0.15) is 17.2 Å². The minimum atomic E-state index is -0.238. The molecular weight excluding hydrogens is 424 g/mol. The molecule has 4 rings (SSSR count). The summed E-state index contributed by atoms with van der Waals surface area (Å²) in [6, 6.07) is 12.2. The van der Waals surface area contributed by atoms with Crippen molar-refractivity contribution < 1.29 is 13.9 Å². The Labute approximate surface area is 200 Å². The summed E-state index contributed by atoms with van der Waals surface area (Å²) >= 11 is 0. The van der Waals surface area contributed by atoms with E-state index in [1.54, 1.807) is 12.3 Å². The highest BCUT2D eigenvalue weighted by Crippen LogP contribution is 2.41. The Morgan fingerprint density at radius 2 is 1.82 bits per heavy atom. The van der Waals surface area contributed by atoms with E-state index >= 15 is 0 Å². The van der Waals surface area contributed by atoms with Gasteiger partial charge in [-0.15, -0.1) is 0 Å². The number of hydrogen-bond donors (Lipinski definition) is 1. The summed E-state index contributed by atoms with van der Waals surface area (Å²) < 4.78 is 12.0. The van der Waals surface area contributed by atoms with Gasteiger partial charge in [0.2, 0.25) is 5.91 Å². The van der Waals surface area contributed by atoms with Crippen LogP contribution in [0.2, 0.25) is 0 Å². The molecule has 0 bridgehead atoms. The maximum atomic E-state index is 12.8. The minimum Gasteiger partial charge on any atom is -0.493 e. The van der Waals surface area contributed by atoms with Gasteiger partial charge in [0.05, 0.1) is 12.9 Å². The average molecular weight is 455 g/mol. The first-order valence-corrected chi connectivity index (χ1v) is 11.5. The number of rotatable bonds is 6. The van der Waals surface area contributed by atoms with Crippen LogP contribution in [0.1, 0.15) is 41.7 Å². The minimum absolute atomic E-state index is 0.238. The lowest BCUT2D eigenvalue weighted by atomic mass is 9.94. The highest BCUT2D eigenvalue weighted by atomic mass is 16.5. The van der Waals surface area contributed by atoms with Crippen molar-refractivity contribution >= 4 is 28.3 Å². The van der Waals surface area contributed by atoms with Crippen LogP contribution in [0.4, 0.5) is 5.82 Å². The normalized spacial score (nSPS) is 11.6. The maximum Gasteiger partial charge on any atom is 0.249 e. The number of amides is 1. The van der Waals surface area contributed by atoms with Crippen LogP contribution in [0.25, 0.3) is 27.7 Å². The molecule has 0 aliphatic rings. The molecule has 174 valence electrons. The Bertz CT molecular complexity index is 1410. The van der Waals surface area contributed by atoms with Crippen molar-refractivity contribution in [2.75, 3.05) is 11.9 Å². The SMILES string of the molecule is CCOc1c(/C(C)=C/C(=O)Nc2cc(C)ccn2)cc2c(-c3ccc(C)cc3C)coc2c1C. The molecule has 0 aliphatic carbocycles. The van der Waals surface area contributed by atoms with Gasteiger partial charge in [-0.2, -0.15) is 0 Å². The van der Waals surface area contributed by atoms with Crippen molar-refractivity contribution in [2.45, 2.75) is 41.5 Å². The largest absolute Gasteiger partial charge is 0.493 e. The molecule has 1 N–H and O–H groups in total. The standard InChI is InChI=1S/C29H30N2O3/c1-7-33-28-21(6)29-24(25(16-34-29)22-9-8-17(2)12-19(22)4)15-23(28)20(5)14-27(32)31-26-13-18(3)10-11-30-26/h8-16H,7H2,1-6H3,(H,30,31,32)/b20-14+. The number of aromatic nitrogens is 1. The van der Waals surface area contributed by atoms with E-state index in [0.717, 1.165) is 50.1 Å². The van der Waals surface area contributed by atoms with Gasteiger partial charge in [-0.3, -0.25) is 4.79 Å². The molecule has 0 atom stereocenters. The first-order chi connectivity index (χ1) is 16.3. The number of allylic oxidation sites excluding steroid dienone is 1. The molecule has 0 radical (unpaired) electrons. The van der Waals surface area contributed by atoms with Crippen molar-refractivity contribution in [3.63, 3.8) is 0 Å². The molecule has 0 fully saturated rings. The van der Waals surface area contributed by atoms with E-state index in [4.69, 9.17) is 9.15 Å². The molecule has 0 spiro atoms. The summed E-state index contributed by atoms with van der Waals surface area (Å²) in [6.45, 7) is 12.5. The van der Waals surface area contributed by atoms with Gasteiger partial charge in [0, 0.05) is 34.3 Å². The van der Waals surface area contributed by atoms with E-state index in [1.807, 2.05) is 46.1 Å². The van der Waals surface area contributed by atoms with Crippen LogP contribution in [0.15, 0.2) is 59.4 Å². The second-order valence-corrected chi connectivity index (χ2v) is 8.69. The van der Waals surface area contributed by atoms with Crippen LogP contribution < -0.4 is 10.1 Å². The van der Waals surface area contributed by atoms with Crippen molar-refractivity contribution in [3.05, 3.63) is 82.8 Å². The number of nitrogens with one attached hydrogen (secondary N) is 1. The fourth-order valence-corrected chi connectivity index (χ4v) is 4.30. The van der Waals surface area contributed by atoms with E-state index in [2.05, 4.69) is 48.4 Å². The lowest BCUT2D eigenvalue weighted by molar-refractivity contribution is -0.111. The predicted octanol–water partition coefficient (Wildman–Crippen LogP) is 7.17. The average Bonchev–Trinajstić information content (AvgIpc) is 3.19.